The number of morpholine rings is 1. The first-order valence-corrected chi connectivity index (χ1v) is 7.68. The Morgan fingerprint density at radius 2 is 1.85 bits per heavy atom. The van der Waals surface area contributed by atoms with E-state index in [1.165, 1.54) is 5.56 Å². The number of likely N-dealkylation sites (tertiary alicyclic amines) is 1. The lowest BCUT2D eigenvalue weighted by Crippen LogP contribution is -2.57. The minimum absolute atomic E-state index is 0.342. The SMILES string of the molecule is NC1CCN(Cc2ccccc2)C(N2CCOCC2)C1. The molecule has 2 fully saturated rings. The molecule has 0 saturated carbocycles. The molecule has 0 radical (unpaired) electrons. The molecule has 0 bridgehead atoms. The molecule has 4 heteroatoms. The van der Waals surface area contributed by atoms with E-state index in [2.05, 4.69) is 40.1 Å². The molecule has 0 aromatic heterocycles. The van der Waals surface area contributed by atoms with Crippen LogP contribution in [0.2, 0.25) is 0 Å². The van der Waals surface area contributed by atoms with Crippen molar-refractivity contribution in [2.24, 2.45) is 5.73 Å². The normalized spacial score (nSPS) is 29.4. The van der Waals surface area contributed by atoms with Crippen molar-refractivity contribution in [3.05, 3.63) is 35.9 Å². The van der Waals surface area contributed by atoms with Gasteiger partial charge < -0.3 is 10.5 Å². The third kappa shape index (κ3) is 3.38. The van der Waals surface area contributed by atoms with Gasteiger partial charge in [0.15, 0.2) is 0 Å². The highest BCUT2D eigenvalue weighted by Gasteiger charge is 2.31. The highest BCUT2D eigenvalue weighted by atomic mass is 16.5. The number of ether oxygens (including phenoxy) is 1. The van der Waals surface area contributed by atoms with Crippen molar-refractivity contribution < 1.29 is 4.74 Å². The van der Waals surface area contributed by atoms with Crippen LogP contribution in [0.5, 0.6) is 0 Å². The van der Waals surface area contributed by atoms with Crippen LogP contribution < -0.4 is 5.73 Å². The molecule has 110 valence electrons. The minimum Gasteiger partial charge on any atom is -0.379 e. The van der Waals surface area contributed by atoms with Crippen LogP contribution in [-0.4, -0.2) is 54.9 Å². The van der Waals surface area contributed by atoms with Crippen molar-refractivity contribution in [1.82, 2.24) is 9.80 Å². The van der Waals surface area contributed by atoms with Crippen molar-refractivity contribution in [3.63, 3.8) is 0 Å². The lowest BCUT2D eigenvalue weighted by atomic mass is 10.0. The maximum atomic E-state index is 6.20. The van der Waals surface area contributed by atoms with Crippen LogP contribution in [0.3, 0.4) is 0 Å². The van der Waals surface area contributed by atoms with Gasteiger partial charge in [0.05, 0.1) is 19.4 Å². The van der Waals surface area contributed by atoms with Gasteiger partial charge >= 0.3 is 0 Å². The first-order valence-electron chi connectivity index (χ1n) is 7.68. The highest BCUT2D eigenvalue weighted by Crippen LogP contribution is 2.22. The monoisotopic (exact) mass is 275 g/mol. The molecule has 20 heavy (non-hydrogen) atoms. The van der Waals surface area contributed by atoms with Crippen molar-refractivity contribution in [2.75, 3.05) is 32.8 Å². The van der Waals surface area contributed by atoms with E-state index in [4.69, 9.17) is 10.5 Å². The van der Waals surface area contributed by atoms with Crippen LogP contribution in [-0.2, 0) is 11.3 Å². The maximum Gasteiger partial charge on any atom is 0.0641 e. The van der Waals surface area contributed by atoms with Gasteiger partial charge in [-0.15, -0.1) is 0 Å². The van der Waals surface area contributed by atoms with Crippen molar-refractivity contribution in [2.45, 2.75) is 31.6 Å². The largest absolute Gasteiger partial charge is 0.379 e. The number of hydrogen-bond donors (Lipinski definition) is 1. The van der Waals surface area contributed by atoms with Crippen LogP contribution in [0.15, 0.2) is 30.3 Å². The third-order valence-electron chi connectivity index (χ3n) is 4.42. The van der Waals surface area contributed by atoms with Gasteiger partial charge in [0.25, 0.3) is 0 Å². The van der Waals surface area contributed by atoms with Crippen LogP contribution >= 0.6 is 0 Å². The highest BCUT2D eigenvalue weighted by molar-refractivity contribution is 5.14. The topological polar surface area (TPSA) is 41.7 Å². The van der Waals surface area contributed by atoms with Crippen LogP contribution in [0.4, 0.5) is 0 Å². The number of hydrogen-bond acceptors (Lipinski definition) is 4. The molecular weight excluding hydrogens is 250 g/mol. The number of rotatable bonds is 3. The van der Waals surface area contributed by atoms with Gasteiger partial charge in [0.2, 0.25) is 0 Å². The molecule has 2 unspecified atom stereocenters. The molecule has 2 aliphatic rings. The zero-order chi connectivity index (χ0) is 13.8. The molecule has 0 amide bonds. The Morgan fingerprint density at radius 1 is 1.10 bits per heavy atom. The number of benzene rings is 1. The molecule has 2 aliphatic heterocycles. The summed E-state index contributed by atoms with van der Waals surface area (Å²) in [5.41, 5.74) is 7.59. The Morgan fingerprint density at radius 3 is 2.60 bits per heavy atom. The lowest BCUT2D eigenvalue weighted by molar-refractivity contribution is -0.0537. The lowest BCUT2D eigenvalue weighted by Gasteiger charge is -2.45. The first-order chi connectivity index (χ1) is 9.83. The second kappa shape index (κ2) is 6.68. The van der Waals surface area contributed by atoms with Gasteiger partial charge in [0, 0.05) is 32.2 Å². The maximum absolute atomic E-state index is 6.20. The average molecular weight is 275 g/mol. The number of piperidine rings is 1. The number of nitrogens with two attached hydrogens (primary N) is 1. The van der Waals surface area contributed by atoms with E-state index in [-0.39, 0.29) is 0 Å². The van der Waals surface area contributed by atoms with Crippen molar-refractivity contribution >= 4 is 0 Å². The Labute approximate surface area is 121 Å². The van der Waals surface area contributed by atoms with Gasteiger partial charge in [-0.1, -0.05) is 30.3 Å². The average Bonchev–Trinajstić information content (AvgIpc) is 2.51. The molecule has 2 saturated heterocycles. The summed E-state index contributed by atoms with van der Waals surface area (Å²) in [7, 11) is 0. The summed E-state index contributed by atoms with van der Waals surface area (Å²) >= 11 is 0. The standard InChI is InChI=1S/C16H25N3O/c17-15-6-7-19(13-14-4-2-1-3-5-14)16(12-15)18-8-10-20-11-9-18/h1-5,15-16H,6-13,17H2. The fraction of sp³-hybridized carbons (Fsp3) is 0.625. The molecule has 2 N–H and O–H groups in total. The van der Waals surface area contributed by atoms with E-state index in [0.717, 1.165) is 52.2 Å². The van der Waals surface area contributed by atoms with Gasteiger partial charge in [-0.2, -0.15) is 0 Å². The summed E-state index contributed by atoms with van der Waals surface area (Å²) in [5, 5.41) is 0. The molecule has 4 nitrogen and oxygen atoms in total. The van der Waals surface area contributed by atoms with Crippen LogP contribution in [0.25, 0.3) is 0 Å². The summed E-state index contributed by atoms with van der Waals surface area (Å²) in [5.74, 6) is 0. The van der Waals surface area contributed by atoms with E-state index < -0.39 is 0 Å². The fourth-order valence-electron chi connectivity index (χ4n) is 3.28. The fourth-order valence-corrected chi connectivity index (χ4v) is 3.28. The van der Waals surface area contributed by atoms with Crippen LogP contribution in [0, 0.1) is 0 Å². The van der Waals surface area contributed by atoms with E-state index in [1.54, 1.807) is 0 Å². The van der Waals surface area contributed by atoms with E-state index in [1.807, 2.05) is 0 Å². The molecular formula is C16H25N3O. The predicted octanol–water partition coefficient (Wildman–Crippen LogP) is 1.27. The van der Waals surface area contributed by atoms with E-state index in [0.29, 0.717) is 12.2 Å². The second-order valence-corrected chi connectivity index (χ2v) is 5.87. The Kier molecular flexibility index (Phi) is 4.68. The van der Waals surface area contributed by atoms with E-state index in [9.17, 15) is 0 Å². The van der Waals surface area contributed by atoms with Gasteiger partial charge in [0.1, 0.15) is 0 Å². The smallest absolute Gasteiger partial charge is 0.0641 e. The van der Waals surface area contributed by atoms with E-state index >= 15 is 0 Å². The zero-order valence-electron chi connectivity index (χ0n) is 12.1. The molecule has 1 aromatic rings. The minimum atomic E-state index is 0.342. The van der Waals surface area contributed by atoms with Crippen LogP contribution in [0.1, 0.15) is 18.4 Å². The molecule has 0 aliphatic carbocycles. The molecule has 2 heterocycles. The van der Waals surface area contributed by atoms with Gasteiger partial charge in [-0.25, -0.2) is 0 Å². The Hall–Kier alpha value is -0.940. The molecule has 1 aromatic carbocycles. The number of nitrogens with zero attached hydrogens (tertiary/aromatic N) is 2. The molecule has 2 atom stereocenters. The Bertz CT molecular complexity index is 405. The summed E-state index contributed by atoms with van der Waals surface area (Å²) in [6.45, 7) is 5.88. The summed E-state index contributed by atoms with van der Waals surface area (Å²) < 4.78 is 5.48. The quantitative estimate of drug-likeness (QED) is 0.902. The third-order valence-corrected chi connectivity index (χ3v) is 4.42. The Balaban J connectivity index is 1.69. The summed E-state index contributed by atoms with van der Waals surface area (Å²) in [6, 6.07) is 11.1. The molecule has 0 spiro atoms. The summed E-state index contributed by atoms with van der Waals surface area (Å²) in [6.07, 6.45) is 2.66. The predicted molar refractivity (Wildman–Crippen MR) is 80.2 cm³/mol. The zero-order valence-corrected chi connectivity index (χ0v) is 12.1. The first kappa shape index (κ1) is 14.0. The summed E-state index contributed by atoms with van der Waals surface area (Å²) in [4.78, 5) is 5.13. The van der Waals surface area contributed by atoms with Crippen molar-refractivity contribution in [3.8, 4) is 0 Å². The second-order valence-electron chi connectivity index (χ2n) is 5.87. The van der Waals surface area contributed by atoms with Gasteiger partial charge in [-0.05, 0) is 18.4 Å². The van der Waals surface area contributed by atoms with Crippen molar-refractivity contribution in [1.29, 1.82) is 0 Å². The molecule has 3 rings (SSSR count). The van der Waals surface area contributed by atoms with Gasteiger partial charge in [-0.3, -0.25) is 9.80 Å².